The van der Waals surface area contributed by atoms with Crippen LogP contribution in [0, 0.1) is 6.92 Å². The smallest absolute Gasteiger partial charge is 0.259 e. The van der Waals surface area contributed by atoms with Gasteiger partial charge >= 0.3 is 0 Å². The zero-order chi connectivity index (χ0) is 23.2. The highest BCUT2D eigenvalue weighted by Crippen LogP contribution is 2.42. The first-order valence-corrected chi connectivity index (χ1v) is 10.8. The van der Waals surface area contributed by atoms with E-state index in [1.807, 2.05) is 13.8 Å². The van der Waals surface area contributed by atoms with Crippen LogP contribution in [0.15, 0.2) is 23.1 Å². The fourth-order valence-corrected chi connectivity index (χ4v) is 4.55. The molecule has 2 N–H and O–H groups in total. The quantitative estimate of drug-likeness (QED) is 0.448. The summed E-state index contributed by atoms with van der Waals surface area (Å²) in [6.45, 7) is 6.31. The Labute approximate surface area is 193 Å². The molecular weight excluding hydrogens is 453 g/mol. The van der Waals surface area contributed by atoms with E-state index in [1.165, 1.54) is 13.2 Å². The van der Waals surface area contributed by atoms with Crippen LogP contribution in [0.5, 0.6) is 5.75 Å². The van der Waals surface area contributed by atoms with Crippen molar-refractivity contribution in [3.63, 3.8) is 0 Å². The minimum absolute atomic E-state index is 0.0762. The van der Waals surface area contributed by atoms with Crippen molar-refractivity contribution in [2.45, 2.75) is 27.3 Å². The number of aromatic nitrogens is 4. The lowest BCUT2D eigenvalue weighted by molar-refractivity contribution is 0.0955. The van der Waals surface area contributed by atoms with Crippen LogP contribution in [0.2, 0.25) is 10.0 Å². The number of carbonyl (C=O) groups is 1. The number of hydrogen-bond acceptors (Lipinski definition) is 5. The van der Waals surface area contributed by atoms with Gasteiger partial charge in [0.1, 0.15) is 17.1 Å². The topological polar surface area (TPSA) is 102 Å². The molecule has 0 aliphatic carbocycles. The van der Waals surface area contributed by atoms with Gasteiger partial charge in [-0.1, -0.05) is 23.2 Å². The number of halogens is 2. The Balaban J connectivity index is 2.11. The number of carbonyl (C=O) groups excluding carboxylic acids is 1. The normalized spacial score (nSPS) is 11.3. The molecule has 0 fully saturated rings. The number of pyridine rings is 2. The summed E-state index contributed by atoms with van der Waals surface area (Å²) >= 11 is 13.2. The summed E-state index contributed by atoms with van der Waals surface area (Å²) in [6.07, 6.45) is 1.65. The minimum atomic E-state index is -0.387. The Kier molecular flexibility index (Phi) is 5.83. The third-order valence-electron chi connectivity index (χ3n) is 5.24. The first kappa shape index (κ1) is 22.1. The van der Waals surface area contributed by atoms with Gasteiger partial charge < -0.3 is 19.6 Å². The van der Waals surface area contributed by atoms with Crippen LogP contribution >= 0.6 is 23.2 Å². The van der Waals surface area contributed by atoms with Crippen molar-refractivity contribution in [3.8, 4) is 16.9 Å². The first-order chi connectivity index (χ1) is 15.3. The van der Waals surface area contributed by atoms with Gasteiger partial charge in [0, 0.05) is 30.2 Å². The molecule has 0 spiro atoms. The number of aryl methyl sites for hydroxylation is 2. The summed E-state index contributed by atoms with van der Waals surface area (Å²) in [6, 6.07) is 3.15. The summed E-state index contributed by atoms with van der Waals surface area (Å²) in [7, 11) is 1.44. The highest BCUT2D eigenvalue weighted by atomic mass is 35.5. The number of hydrogen-bond donors (Lipinski definition) is 2. The number of H-pyrrole nitrogens is 1. The second-order valence-electron chi connectivity index (χ2n) is 7.18. The number of rotatable bonds is 5. The molecule has 0 aliphatic rings. The lowest BCUT2D eigenvalue weighted by atomic mass is 10.0. The molecule has 0 atom stereocenters. The van der Waals surface area contributed by atoms with Gasteiger partial charge in [0.05, 0.1) is 33.8 Å². The van der Waals surface area contributed by atoms with Crippen LogP contribution in [-0.2, 0) is 6.54 Å². The average molecular weight is 474 g/mol. The summed E-state index contributed by atoms with van der Waals surface area (Å²) < 4.78 is 6.99. The molecule has 4 aromatic rings. The predicted octanol–water partition coefficient (Wildman–Crippen LogP) is 4.33. The van der Waals surface area contributed by atoms with Gasteiger partial charge in [0.25, 0.3) is 11.5 Å². The highest BCUT2D eigenvalue weighted by molar-refractivity contribution is 6.42. The number of amides is 1. The second-order valence-corrected chi connectivity index (χ2v) is 7.94. The van der Waals surface area contributed by atoms with Crippen LogP contribution in [0.4, 0.5) is 0 Å². The van der Waals surface area contributed by atoms with Gasteiger partial charge in [-0.05, 0) is 32.9 Å². The van der Waals surface area contributed by atoms with Crippen molar-refractivity contribution in [2.75, 3.05) is 13.7 Å². The van der Waals surface area contributed by atoms with Gasteiger partial charge in [-0.2, -0.15) is 0 Å². The largest absolute Gasteiger partial charge is 0.495 e. The zero-order valence-electron chi connectivity index (χ0n) is 18.0. The van der Waals surface area contributed by atoms with Gasteiger partial charge in [0.15, 0.2) is 5.65 Å². The highest BCUT2D eigenvalue weighted by Gasteiger charge is 2.25. The second kappa shape index (κ2) is 8.44. The molecular formula is C22H21Cl2N5O3. The van der Waals surface area contributed by atoms with E-state index in [9.17, 15) is 9.59 Å². The van der Waals surface area contributed by atoms with E-state index < -0.39 is 0 Å². The Hall–Kier alpha value is -3.10. The maximum atomic E-state index is 13.6. The van der Waals surface area contributed by atoms with E-state index in [4.69, 9.17) is 27.9 Å². The molecule has 3 heterocycles. The molecule has 1 amide bonds. The van der Waals surface area contributed by atoms with Crippen LogP contribution in [-0.4, -0.2) is 39.1 Å². The number of nitrogens with one attached hydrogen (secondary N) is 2. The van der Waals surface area contributed by atoms with E-state index in [1.54, 1.807) is 23.8 Å². The predicted molar refractivity (Wildman–Crippen MR) is 126 cm³/mol. The Morgan fingerprint density at radius 3 is 2.66 bits per heavy atom. The molecule has 10 heteroatoms. The van der Waals surface area contributed by atoms with E-state index in [0.717, 1.165) is 0 Å². The standard InChI is InChI=1S/C22H21Cl2N5O3/c1-5-25-21(30)13-8-14(32-4)17(24)15(16(13)23)12-7-11-9-26-20-18(27-10(3)28-20)19(11)29(6-2)22(12)31/h7-9H,5-6H2,1-4H3,(H,25,30)(H,26,27,28). The number of aromatic amines is 1. The molecule has 166 valence electrons. The Bertz CT molecular complexity index is 1440. The average Bonchev–Trinajstić information content (AvgIpc) is 3.15. The maximum Gasteiger partial charge on any atom is 0.259 e. The molecule has 32 heavy (non-hydrogen) atoms. The Morgan fingerprint density at radius 2 is 2.00 bits per heavy atom. The van der Waals surface area contributed by atoms with Crippen molar-refractivity contribution < 1.29 is 9.53 Å². The number of nitrogens with zero attached hydrogens (tertiary/aromatic N) is 3. The van der Waals surface area contributed by atoms with E-state index in [2.05, 4.69) is 20.3 Å². The molecule has 0 saturated carbocycles. The monoisotopic (exact) mass is 473 g/mol. The van der Waals surface area contributed by atoms with Gasteiger partial charge in [0.2, 0.25) is 0 Å². The van der Waals surface area contributed by atoms with Crippen molar-refractivity contribution in [1.82, 2.24) is 24.8 Å². The van der Waals surface area contributed by atoms with Crippen molar-refractivity contribution in [3.05, 3.63) is 50.1 Å². The molecule has 0 radical (unpaired) electrons. The molecule has 0 saturated heterocycles. The lowest BCUT2D eigenvalue weighted by Gasteiger charge is -2.17. The summed E-state index contributed by atoms with van der Waals surface area (Å²) in [4.78, 5) is 38.2. The van der Waals surface area contributed by atoms with Crippen LogP contribution < -0.4 is 15.6 Å². The van der Waals surface area contributed by atoms with Gasteiger partial charge in [-0.15, -0.1) is 0 Å². The molecule has 4 rings (SSSR count). The maximum absolute atomic E-state index is 13.6. The third kappa shape index (κ3) is 3.40. The molecule has 0 unspecified atom stereocenters. The summed E-state index contributed by atoms with van der Waals surface area (Å²) in [5, 5.41) is 3.64. The SMILES string of the molecule is CCNC(=O)c1cc(OC)c(Cl)c(-c2cc3cnc4nc(C)[nH]c4c3n(CC)c2=O)c1Cl. The molecule has 8 nitrogen and oxygen atoms in total. The van der Waals surface area contributed by atoms with Crippen LogP contribution in [0.3, 0.4) is 0 Å². The molecule has 3 aromatic heterocycles. The van der Waals surface area contributed by atoms with Crippen LogP contribution in [0.25, 0.3) is 33.2 Å². The van der Waals surface area contributed by atoms with Crippen molar-refractivity contribution in [1.29, 1.82) is 0 Å². The number of benzene rings is 1. The zero-order valence-corrected chi connectivity index (χ0v) is 19.5. The molecule has 0 aliphatic heterocycles. The number of methoxy groups -OCH3 is 1. The molecule has 0 bridgehead atoms. The fraction of sp³-hybridized carbons (Fsp3) is 0.273. The van der Waals surface area contributed by atoms with E-state index in [0.29, 0.717) is 41.0 Å². The number of imidazole rings is 1. The van der Waals surface area contributed by atoms with Crippen molar-refractivity contribution in [2.24, 2.45) is 0 Å². The van der Waals surface area contributed by atoms with E-state index in [-0.39, 0.29) is 44.0 Å². The minimum Gasteiger partial charge on any atom is -0.495 e. The van der Waals surface area contributed by atoms with Gasteiger partial charge in [-0.3, -0.25) is 9.59 Å². The van der Waals surface area contributed by atoms with Crippen LogP contribution in [0.1, 0.15) is 30.0 Å². The van der Waals surface area contributed by atoms with Gasteiger partial charge in [-0.25, -0.2) is 9.97 Å². The molecule has 1 aromatic carbocycles. The first-order valence-electron chi connectivity index (χ1n) is 10.1. The number of fused-ring (bicyclic) bond motifs is 3. The number of ether oxygens (including phenoxy) is 1. The van der Waals surface area contributed by atoms with Crippen molar-refractivity contribution >= 4 is 51.2 Å². The summed E-state index contributed by atoms with van der Waals surface area (Å²) in [5.41, 5.74) is 2.24. The summed E-state index contributed by atoms with van der Waals surface area (Å²) in [5.74, 6) is 0.555. The fourth-order valence-electron chi connectivity index (χ4n) is 3.83. The lowest BCUT2D eigenvalue weighted by Crippen LogP contribution is -2.24. The third-order valence-corrected chi connectivity index (χ3v) is 6.01. The van der Waals surface area contributed by atoms with E-state index >= 15 is 0 Å². The Morgan fingerprint density at radius 1 is 1.25 bits per heavy atom.